The molecular formula is C16H15NO3S. The second-order valence-electron chi connectivity index (χ2n) is 4.74. The number of hydrogen-bond donors (Lipinski definition) is 0. The highest BCUT2D eigenvalue weighted by atomic mass is 32.2. The highest BCUT2D eigenvalue weighted by Gasteiger charge is 2.10. The third kappa shape index (κ3) is 3.83. The lowest BCUT2D eigenvalue weighted by molar-refractivity contribution is 0.227. The molecule has 0 bridgehead atoms. The van der Waals surface area contributed by atoms with E-state index >= 15 is 0 Å². The van der Waals surface area contributed by atoms with Crippen molar-refractivity contribution in [1.29, 1.82) is 5.26 Å². The summed E-state index contributed by atoms with van der Waals surface area (Å²) in [4.78, 5) is 0.258. The molecule has 0 N–H and O–H groups in total. The first-order valence-corrected chi connectivity index (χ1v) is 8.26. The van der Waals surface area contributed by atoms with Gasteiger partial charge in [0.15, 0.2) is 9.84 Å². The summed E-state index contributed by atoms with van der Waals surface area (Å²) in [5.41, 5.74) is 1.47. The molecule has 0 heterocycles. The first-order valence-electron chi connectivity index (χ1n) is 6.37. The van der Waals surface area contributed by atoms with Gasteiger partial charge in [0, 0.05) is 6.26 Å². The molecule has 0 saturated carbocycles. The van der Waals surface area contributed by atoms with Gasteiger partial charge in [-0.1, -0.05) is 12.1 Å². The Morgan fingerprint density at radius 3 is 2.38 bits per heavy atom. The highest BCUT2D eigenvalue weighted by molar-refractivity contribution is 7.90. The van der Waals surface area contributed by atoms with Crippen LogP contribution >= 0.6 is 0 Å². The molecule has 0 saturated heterocycles. The number of rotatable bonds is 4. The highest BCUT2D eigenvalue weighted by Crippen LogP contribution is 2.23. The molecule has 0 unspecified atom stereocenters. The van der Waals surface area contributed by atoms with Crippen LogP contribution in [0.4, 0.5) is 0 Å². The predicted octanol–water partition coefficient (Wildman–Crippen LogP) is 3.10. The van der Waals surface area contributed by atoms with Gasteiger partial charge in [0.25, 0.3) is 0 Å². The third-order valence-corrected chi connectivity index (χ3v) is 4.18. The minimum absolute atomic E-state index is 0.234. The van der Waals surface area contributed by atoms with Crippen molar-refractivity contribution in [2.45, 2.75) is 17.9 Å². The quantitative estimate of drug-likeness (QED) is 0.870. The fourth-order valence-electron chi connectivity index (χ4n) is 1.90. The van der Waals surface area contributed by atoms with Crippen molar-refractivity contribution in [2.75, 3.05) is 6.26 Å². The van der Waals surface area contributed by atoms with Crippen LogP contribution in [-0.4, -0.2) is 14.7 Å². The molecule has 0 spiro atoms. The molecular weight excluding hydrogens is 286 g/mol. The second-order valence-corrected chi connectivity index (χ2v) is 6.76. The molecule has 0 fully saturated rings. The Morgan fingerprint density at radius 1 is 1.14 bits per heavy atom. The van der Waals surface area contributed by atoms with Crippen LogP contribution < -0.4 is 4.74 Å². The summed E-state index contributed by atoms with van der Waals surface area (Å²) in [5, 5.41) is 8.89. The Hall–Kier alpha value is -2.32. The van der Waals surface area contributed by atoms with Gasteiger partial charge in [0.2, 0.25) is 0 Å². The van der Waals surface area contributed by atoms with E-state index < -0.39 is 9.84 Å². The fourth-order valence-corrected chi connectivity index (χ4v) is 2.53. The third-order valence-electron chi connectivity index (χ3n) is 3.05. The van der Waals surface area contributed by atoms with Crippen molar-refractivity contribution in [1.82, 2.24) is 0 Å². The van der Waals surface area contributed by atoms with Crippen molar-refractivity contribution in [3.05, 3.63) is 59.7 Å². The monoisotopic (exact) mass is 301 g/mol. The van der Waals surface area contributed by atoms with Crippen LogP contribution in [0.15, 0.2) is 53.4 Å². The summed E-state index contributed by atoms with van der Waals surface area (Å²) in [6, 6.07) is 15.6. The minimum Gasteiger partial charge on any atom is -0.486 e. The van der Waals surface area contributed by atoms with Crippen molar-refractivity contribution >= 4 is 9.84 Å². The van der Waals surface area contributed by atoms with Gasteiger partial charge in [-0.05, 0) is 48.9 Å². The molecule has 4 nitrogen and oxygen atoms in total. The fraction of sp³-hybridized carbons (Fsp3) is 0.188. The Morgan fingerprint density at radius 2 is 1.81 bits per heavy atom. The normalized spacial score (nSPS) is 12.4. The zero-order valence-electron chi connectivity index (χ0n) is 11.8. The molecule has 0 radical (unpaired) electrons. The molecule has 108 valence electrons. The van der Waals surface area contributed by atoms with E-state index in [1.165, 1.54) is 18.4 Å². The topological polar surface area (TPSA) is 67.2 Å². The van der Waals surface area contributed by atoms with Crippen molar-refractivity contribution in [3.63, 3.8) is 0 Å². The largest absolute Gasteiger partial charge is 0.486 e. The van der Waals surface area contributed by atoms with Gasteiger partial charge in [-0.3, -0.25) is 0 Å². The summed E-state index contributed by atoms with van der Waals surface area (Å²) in [6.07, 6.45) is 0.932. The zero-order valence-corrected chi connectivity index (χ0v) is 12.6. The van der Waals surface area contributed by atoms with Crippen LogP contribution in [0.2, 0.25) is 0 Å². The molecule has 5 heteroatoms. The molecule has 1 atom stereocenters. The lowest BCUT2D eigenvalue weighted by atomic mass is 10.1. The molecule has 2 aromatic rings. The smallest absolute Gasteiger partial charge is 0.175 e. The van der Waals surface area contributed by atoms with Gasteiger partial charge >= 0.3 is 0 Å². The van der Waals surface area contributed by atoms with Gasteiger partial charge < -0.3 is 4.74 Å². The number of nitriles is 1. The number of hydrogen-bond acceptors (Lipinski definition) is 4. The lowest BCUT2D eigenvalue weighted by Crippen LogP contribution is -2.04. The van der Waals surface area contributed by atoms with E-state index in [2.05, 4.69) is 6.07 Å². The van der Waals surface area contributed by atoms with Gasteiger partial charge in [-0.15, -0.1) is 0 Å². The van der Waals surface area contributed by atoms with E-state index in [9.17, 15) is 8.42 Å². The Kier molecular flexibility index (Phi) is 4.29. The number of benzene rings is 2. The number of nitrogens with zero attached hydrogens (tertiary/aromatic N) is 1. The van der Waals surface area contributed by atoms with Crippen molar-refractivity contribution in [2.24, 2.45) is 0 Å². The van der Waals surface area contributed by atoms with Crippen LogP contribution in [0, 0.1) is 11.3 Å². The Bertz CT molecular complexity index is 774. The lowest BCUT2D eigenvalue weighted by Gasteiger charge is -2.15. The van der Waals surface area contributed by atoms with E-state index in [-0.39, 0.29) is 11.0 Å². The number of ether oxygens (including phenoxy) is 1. The van der Waals surface area contributed by atoms with Crippen LogP contribution in [0.5, 0.6) is 5.75 Å². The van der Waals surface area contributed by atoms with Crippen LogP contribution in [0.25, 0.3) is 0 Å². The maximum atomic E-state index is 11.4. The van der Waals surface area contributed by atoms with Gasteiger partial charge in [-0.2, -0.15) is 5.26 Å². The zero-order chi connectivity index (χ0) is 15.5. The Labute approximate surface area is 124 Å². The van der Waals surface area contributed by atoms with Crippen LogP contribution in [-0.2, 0) is 9.84 Å². The summed E-state index contributed by atoms with van der Waals surface area (Å²) in [5.74, 6) is 0.581. The molecule has 2 rings (SSSR count). The van der Waals surface area contributed by atoms with Crippen molar-refractivity contribution < 1.29 is 13.2 Å². The molecule has 0 amide bonds. The van der Waals surface area contributed by atoms with Gasteiger partial charge in [0.1, 0.15) is 11.9 Å². The molecule has 2 aromatic carbocycles. The maximum Gasteiger partial charge on any atom is 0.175 e. The summed E-state index contributed by atoms with van der Waals surface area (Å²) < 4.78 is 28.5. The standard InChI is InChI=1S/C16H15NO3S/c1-12(14-5-3-4-13(10-14)11-17)20-15-6-8-16(9-7-15)21(2,18)19/h3-10,12H,1-2H3/t12-/m0/s1. The molecule has 21 heavy (non-hydrogen) atoms. The average molecular weight is 301 g/mol. The summed E-state index contributed by atoms with van der Waals surface area (Å²) >= 11 is 0. The predicted molar refractivity (Wildman–Crippen MR) is 79.8 cm³/mol. The summed E-state index contributed by atoms with van der Waals surface area (Å²) in [6.45, 7) is 1.88. The number of sulfone groups is 1. The molecule has 0 aliphatic rings. The first-order chi connectivity index (χ1) is 9.90. The summed E-state index contributed by atoms with van der Waals surface area (Å²) in [7, 11) is -3.20. The molecule has 0 aliphatic carbocycles. The second kappa shape index (κ2) is 5.98. The Balaban J connectivity index is 2.16. The van der Waals surface area contributed by atoms with E-state index in [1.807, 2.05) is 13.0 Å². The van der Waals surface area contributed by atoms with E-state index in [4.69, 9.17) is 10.00 Å². The first kappa shape index (κ1) is 15.1. The van der Waals surface area contributed by atoms with Gasteiger partial charge in [-0.25, -0.2) is 8.42 Å². The van der Waals surface area contributed by atoms with E-state index in [0.29, 0.717) is 11.3 Å². The maximum absolute atomic E-state index is 11.4. The molecule has 0 aromatic heterocycles. The van der Waals surface area contributed by atoms with Crippen LogP contribution in [0.1, 0.15) is 24.2 Å². The minimum atomic E-state index is -3.20. The SMILES string of the molecule is C[C@H](Oc1ccc(S(C)(=O)=O)cc1)c1cccc(C#N)c1. The van der Waals surface area contributed by atoms with E-state index in [1.54, 1.807) is 30.3 Å². The average Bonchev–Trinajstić information content (AvgIpc) is 2.47. The van der Waals surface area contributed by atoms with E-state index in [0.717, 1.165) is 5.56 Å². The van der Waals surface area contributed by atoms with Crippen LogP contribution in [0.3, 0.4) is 0 Å². The van der Waals surface area contributed by atoms with Gasteiger partial charge in [0.05, 0.1) is 16.5 Å². The van der Waals surface area contributed by atoms with Crippen molar-refractivity contribution in [3.8, 4) is 11.8 Å². The molecule has 0 aliphatic heterocycles.